The van der Waals surface area contributed by atoms with Crippen LogP contribution in [-0.2, 0) is 11.0 Å². The van der Waals surface area contributed by atoms with Gasteiger partial charge < -0.3 is 15.4 Å². The lowest BCUT2D eigenvalue weighted by atomic mass is 10.1. The van der Waals surface area contributed by atoms with E-state index in [9.17, 15) is 18.0 Å². The molecule has 0 unspecified atom stereocenters. The Morgan fingerprint density at radius 3 is 2.70 bits per heavy atom. The summed E-state index contributed by atoms with van der Waals surface area (Å²) in [5.41, 5.74) is 0.199. The van der Waals surface area contributed by atoms with Gasteiger partial charge in [-0.2, -0.15) is 13.2 Å². The fraction of sp³-hybridized carbons (Fsp3) is 0.321. The van der Waals surface area contributed by atoms with E-state index in [-0.39, 0.29) is 23.6 Å². The molecule has 1 aliphatic rings. The number of hydrogen-bond acceptors (Lipinski definition) is 5. The predicted octanol–water partition coefficient (Wildman–Crippen LogP) is 6.60. The Bertz CT molecular complexity index is 1150. The van der Waals surface area contributed by atoms with E-state index in [2.05, 4.69) is 27.2 Å². The van der Waals surface area contributed by atoms with Gasteiger partial charge in [-0.05, 0) is 55.7 Å². The Morgan fingerprint density at radius 2 is 2.03 bits per heavy atom. The molecule has 0 aliphatic carbocycles. The van der Waals surface area contributed by atoms with Gasteiger partial charge in [-0.1, -0.05) is 38.6 Å². The minimum absolute atomic E-state index is 0.112. The van der Waals surface area contributed by atoms with Gasteiger partial charge in [-0.15, -0.1) is 0 Å². The first kappa shape index (κ1) is 29.4. The van der Waals surface area contributed by atoms with Crippen molar-refractivity contribution in [1.29, 1.82) is 0 Å². The van der Waals surface area contributed by atoms with E-state index in [0.717, 1.165) is 25.0 Å². The Labute approximate surface area is 216 Å². The highest BCUT2D eigenvalue weighted by molar-refractivity contribution is 5.98. The molecule has 1 aliphatic heterocycles. The van der Waals surface area contributed by atoms with Crippen LogP contribution in [0.2, 0.25) is 0 Å². The molecule has 37 heavy (non-hydrogen) atoms. The molecular weight excluding hydrogens is 481 g/mol. The number of amides is 1. The number of pyridine rings is 1. The van der Waals surface area contributed by atoms with Crippen molar-refractivity contribution < 1.29 is 22.7 Å². The summed E-state index contributed by atoms with van der Waals surface area (Å²) in [6.07, 6.45) is 5.55. The van der Waals surface area contributed by atoms with Gasteiger partial charge in [0.1, 0.15) is 23.0 Å². The number of halogens is 3. The van der Waals surface area contributed by atoms with Gasteiger partial charge >= 0.3 is 6.18 Å². The second-order valence-electron chi connectivity index (χ2n) is 7.81. The van der Waals surface area contributed by atoms with Crippen molar-refractivity contribution in [2.75, 3.05) is 18.4 Å². The number of aromatic nitrogens is 1. The fourth-order valence-electron chi connectivity index (χ4n) is 3.32. The molecule has 2 aromatic rings. The molecule has 1 amide bonds. The summed E-state index contributed by atoms with van der Waals surface area (Å²) in [5.74, 6) is 1.55. The van der Waals surface area contributed by atoms with Crippen LogP contribution in [0.4, 0.5) is 18.9 Å². The van der Waals surface area contributed by atoms with E-state index < -0.39 is 11.7 Å². The maximum atomic E-state index is 13.0. The summed E-state index contributed by atoms with van der Waals surface area (Å²) >= 11 is 0. The SMILES string of the molecule is C=C/C(=C\C=C/CCCC(=O)Nc1ccc(C)c(C(F)(F)F)c1)Oc1ccnc(C2=NCCN2)c1.CC. The largest absolute Gasteiger partial charge is 0.457 e. The molecule has 2 heterocycles. The van der Waals surface area contributed by atoms with E-state index in [1.165, 1.54) is 19.1 Å². The number of alkyl halides is 3. The van der Waals surface area contributed by atoms with E-state index in [0.29, 0.717) is 30.0 Å². The second kappa shape index (κ2) is 14.6. The van der Waals surface area contributed by atoms with Gasteiger partial charge in [-0.25, -0.2) is 0 Å². The molecule has 9 heteroatoms. The van der Waals surface area contributed by atoms with Crippen molar-refractivity contribution in [2.24, 2.45) is 4.99 Å². The van der Waals surface area contributed by atoms with Crippen molar-refractivity contribution in [3.63, 3.8) is 0 Å². The molecule has 0 saturated heterocycles. The van der Waals surface area contributed by atoms with Crippen LogP contribution >= 0.6 is 0 Å². The summed E-state index contributed by atoms with van der Waals surface area (Å²) in [6.45, 7) is 10.7. The first-order valence-electron chi connectivity index (χ1n) is 12.2. The molecule has 6 nitrogen and oxygen atoms in total. The van der Waals surface area contributed by atoms with E-state index in [1.807, 2.05) is 19.9 Å². The number of anilines is 1. The summed E-state index contributed by atoms with van der Waals surface area (Å²) in [7, 11) is 0. The highest BCUT2D eigenvalue weighted by atomic mass is 19.4. The Morgan fingerprint density at radius 1 is 1.24 bits per heavy atom. The minimum atomic E-state index is -4.46. The number of nitrogens with one attached hydrogen (secondary N) is 2. The third kappa shape index (κ3) is 9.59. The Kier molecular flexibility index (Phi) is 11.6. The van der Waals surface area contributed by atoms with Crippen molar-refractivity contribution >= 4 is 17.4 Å². The average molecular weight is 515 g/mol. The summed E-state index contributed by atoms with van der Waals surface area (Å²) in [5, 5.41) is 5.69. The number of aliphatic imine (C=N–C) groups is 1. The maximum absolute atomic E-state index is 13.0. The third-order valence-electron chi connectivity index (χ3n) is 5.08. The number of rotatable bonds is 10. The number of carbonyl (C=O) groups is 1. The fourth-order valence-corrected chi connectivity index (χ4v) is 3.32. The van der Waals surface area contributed by atoms with Crippen molar-refractivity contribution in [3.8, 4) is 5.75 Å². The number of allylic oxidation sites excluding steroid dienone is 4. The van der Waals surface area contributed by atoms with Gasteiger partial charge in [0.15, 0.2) is 0 Å². The molecule has 0 atom stereocenters. The van der Waals surface area contributed by atoms with Crippen molar-refractivity contribution in [2.45, 2.75) is 46.2 Å². The van der Waals surface area contributed by atoms with Crippen LogP contribution in [0.3, 0.4) is 0 Å². The average Bonchev–Trinajstić information content (AvgIpc) is 3.42. The van der Waals surface area contributed by atoms with Gasteiger partial charge in [0.25, 0.3) is 0 Å². The number of nitrogens with zero attached hydrogens (tertiary/aromatic N) is 2. The summed E-state index contributed by atoms with van der Waals surface area (Å²) in [4.78, 5) is 20.7. The molecule has 0 radical (unpaired) electrons. The van der Waals surface area contributed by atoms with E-state index in [4.69, 9.17) is 4.74 Å². The standard InChI is InChI=1S/C26H27F3N4O2.C2H6/c1-3-20(35-21-12-13-30-23(17-21)25-31-14-15-32-25)8-6-4-5-7-9-24(34)33-19-11-10-18(2)22(16-19)26(27,28)29;1-2/h3-4,6,8,10-13,16-17H,1,5,7,9,14-15H2,2H3,(H,31,32)(H,33,34);1-2H3/b6-4-,20-8+;. The van der Waals surface area contributed by atoms with Crippen LogP contribution < -0.4 is 15.4 Å². The quantitative estimate of drug-likeness (QED) is 0.213. The van der Waals surface area contributed by atoms with Gasteiger partial charge in [0, 0.05) is 30.9 Å². The van der Waals surface area contributed by atoms with Crippen molar-refractivity contribution in [1.82, 2.24) is 10.3 Å². The second-order valence-corrected chi connectivity index (χ2v) is 7.81. The summed E-state index contributed by atoms with van der Waals surface area (Å²) < 4.78 is 44.9. The van der Waals surface area contributed by atoms with Crippen LogP contribution in [0.1, 0.15) is 49.9 Å². The lowest BCUT2D eigenvalue weighted by Crippen LogP contribution is -2.20. The van der Waals surface area contributed by atoms with E-state index in [1.54, 1.807) is 36.6 Å². The number of amidine groups is 1. The topological polar surface area (TPSA) is 75.6 Å². The molecular formula is C28H33F3N4O2. The Hall–Kier alpha value is -3.88. The number of carbonyl (C=O) groups excluding carboxylic acids is 1. The van der Waals surface area contributed by atoms with E-state index >= 15 is 0 Å². The van der Waals surface area contributed by atoms with Crippen LogP contribution in [0, 0.1) is 6.92 Å². The van der Waals surface area contributed by atoms with Crippen LogP contribution in [0.25, 0.3) is 0 Å². The monoisotopic (exact) mass is 514 g/mol. The lowest BCUT2D eigenvalue weighted by molar-refractivity contribution is -0.138. The highest BCUT2D eigenvalue weighted by Crippen LogP contribution is 2.33. The van der Waals surface area contributed by atoms with Gasteiger partial charge in [0.2, 0.25) is 5.91 Å². The van der Waals surface area contributed by atoms with Crippen LogP contribution in [0.5, 0.6) is 5.75 Å². The number of hydrogen-bond donors (Lipinski definition) is 2. The predicted molar refractivity (Wildman–Crippen MR) is 142 cm³/mol. The Balaban J connectivity index is 0.00000235. The smallest absolute Gasteiger partial charge is 0.416 e. The van der Waals surface area contributed by atoms with Crippen LogP contribution in [0.15, 0.2) is 78.2 Å². The molecule has 0 fully saturated rings. The maximum Gasteiger partial charge on any atom is 0.416 e. The zero-order valence-corrected chi connectivity index (χ0v) is 21.4. The summed E-state index contributed by atoms with van der Waals surface area (Å²) in [6, 6.07) is 7.30. The normalized spacial score (nSPS) is 13.4. The number of benzene rings is 1. The molecule has 0 saturated carbocycles. The first-order valence-corrected chi connectivity index (χ1v) is 12.2. The number of aryl methyl sites for hydroxylation is 1. The molecule has 3 rings (SSSR count). The van der Waals surface area contributed by atoms with Gasteiger partial charge in [0.05, 0.1) is 12.1 Å². The molecule has 0 bridgehead atoms. The number of unbranched alkanes of at least 4 members (excludes halogenated alkanes) is 1. The molecule has 0 spiro atoms. The van der Waals surface area contributed by atoms with Crippen molar-refractivity contribution in [3.05, 3.63) is 90.0 Å². The molecule has 2 N–H and O–H groups in total. The lowest BCUT2D eigenvalue weighted by Gasteiger charge is -2.12. The van der Waals surface area contributed by atoms with Gasteiger partial charge in [-0.3, -0.25) is 14.8 Å². The van der Waals surface area contributed by atoms with Crippen LogP contribution in [-0.4, -0.2) is 29.8 Å². The third-order valence-corrected chi connectivity index (χ3v) is 5.08. The molecule has 1 aromatic carbocycles. The number of ether oxygens (including phenoxy) is 1. The minimum Gasteiger partial charge on any atom is -0.457 e. The first-order chi connectivity index (χ1) is 17.8. The highest BCUT2D eigenvalue weighted by Gasteiger charge is 2.32. The zero-order chi connectivity index (χ0) is 27.3. The zero-order valence-electron chi connectivity index (χ0n) is 21.4. The molecule has 198 valence electrons. The molecule has 1 aromatic heterocycles.